The molecule has 184 valence electrons. The molecule has 0 aliphatic rings. The largest absolute Gasteiger partial charge is 0.469 e. The molecule has 0 aliphatic carbocycles. The van der Waals surface area contributed by atoms with Crippen LogP contribution in [-0.4, -0.2) is 19.0 Å². The lowest BCUT2D eigenvalue weighted by molar-refractivity contribution is -0.140. The Hall–Kier alpha value is -3.81. The lowest BCUT2D eigenvalue weighted by Gasteiger charge is -2.12. The van der Waals surface area contributed by atoms with Crippen LogP contribution in [0.1, 0.15) is 52.4 Å². The molecule has 1 amide bonds. The fourth-order valence-electron chi connectivity index (χ4n) is 3.56. The number of alkyl halides is 2. The van der Waals surface area contributed by atoms with E-state index >= 15 is 0 Å². The minimum absolute atomic E-state index is 0.0960. The van der Waals surface area contributed by atoms with Crippen molar-refractivity contribution in [3.8, 4) is 11.5 Å². The van der Waals surface area contributed by atoms with Gasteiger partial charge in [-0.25, -0.2) is 13.2 Å². The van der Waals surface area contributed by atoms with Crippen LogP contribution in [0.5, 0.6) is 11.5 Å². The summed E-state index contributed by atoms with van der Waals surface area (Å²) < 4.78 is 50.1. The zero-order valence-electron chi connectivity index (χ0n) is 19.4. The fourth-order valence-corrected chi connectivity index (χ4v) is 3.56. The van der Waals surface area contributed by atoms with Gasteiger partial charge in [0.25, 0.3) is 12.3 Å². The third-order valence-electron chi connectivity index (χ3n) is 5.46. The van der Waals surface area contributed by atoms with Crippen molar-refractivity contribution < 1.29 is 32.2 Å². The van der Waals surface area contributed by atoms with Gasteiger partial charge in [0.15, 0.2) is 0 Å². The Kier molecular flexibility index (Phi) is 8.89. The van der Waals surface area contributed by atoms with Crippen molar-refractivity contribution in [1.29, 1.82) is 0 Å². The molecule has 0 heterocycles. The number of amides is 1. The van der Waals surface area contributed by atoms with Gasteiger partial charge in [-0.2, -0.15) is 0 Å². The maximum absolute atomic E-state index is 14.1. The zero-order chi connectivity index (χ0) is 25.4. The summed E-state index contributed by atoms with van der Waals surface area (Å²) >= 11 is 0. The number of hydrogen-bond donors (Lipinski definition) is 1. The number of aryl methyl sites for hydroxylation is 2. The predicted octanol–water partition coefficient (Wildman–Crippen LogP) is 6.15. The van der Waals surface area contributed by atoms with E-state index in [0.717, 1.165) is 29.7 Å². The van der Waals surface area contributed by atoms with Crippen molar-refractivity contribution in [2.45, 2.75) is 39.2 Å². The third-order valence-corrected chi connectivity index (χ3v) is 5.46. The van der Waals surface area contributed by atoms with Crippen molar-refractivity contribution in [3.63, 3.8) is 0 Å². The van der Waals surface area contributed by atoms with Gasteiger partial charge < -0.3 is 14.8 Å². The van der Waals surface area contributed by atoms with Crippen LogP contribution in [0.4, 0.5) is 13.2 Å². The number of nitrogens with one attached hydrogen (secondary N) is 1. The first-order valence-electron chi connectivity index (χ1n) is 11.1. The Balaban J connectivity index is 1.64. The summed E-state index contributed by atoms with van der Waals surface area (Å²) in [5, 5.41) is 2.59. The van der Waals surface area contributed by atoms with Crippen molar-refractivity contribution >= 4 is 11.9 Å². The molecule has 0 aliphatic heterocycles. The fraction of sp³-hybridized carbons (Fsp3) is 0.259. The Morgan fingerprint density at radius 1 is 0.971 bits per heavy atom. The van der Waals surface area contributed by atoms with Gasteiger partial charge in [-0.3, -0.25) is 9.59 Å². The highest BCUT2D eigenvalue weighted by molar-refractivity contribution is 5.94. The van der Waals surface area contributed by atoms with E-state index in [4.69, 9.17) is 9.47 Å². The molecular weight excluding hydrogens is 459 g/mol. The lowest BCUT2D eigenvalue weighted by atomic mass is 10.0. The molecule has 0 fully saturated rings. The van der Waals surface area contributed by atoms with E-state index in [9.17, 15) is 22.8 Å². The monoisotopic (exact) mass is 485 g/mol. The highest BCUT2D eigenvalue weighted by Gasteiger charge is 2.15. The normalized spacial score (nSPS) is 10.8. The molecule has 0 radical (unpaired) electrons. The first kappa shape index (κ1) is 25.8. The summed E-state index contributed by atoms with van der Waals surface area (Å²) in [5.41, 5.74) is 2.05. The van der Waals surface area contributed by atoms with Gasteiger partial charge in [0, 0.05) is 18.5 Å². The lowest BCUT2D eigenvalue weighted by Crippen LogP contribution is -2.23. The Morgan fingerprint density at radius 3 is 2.43 bits per heavy atom. The molecule has 8 heteroatoms. The van der Waals surface area contributed by atoms with E-state index in [1.165, 1.54) is 7.11 Å². The minimum Gasteiger partial charge on any atom is -0.469 e. The standard InChI is InChI=1S/C27H26F3NO4/c1-3-18-14-22(10-7-19(18)9-12-25(32)34-2)35-21-6-4-5-17(13-21)16-31-27(33)23-11-8-20(26(29)30)15-24(23)28/h4-8,10-11,13-15,26H,3,9,12,16H2,1-2H3,(H,31,33). The van der Waals surface area contributed by atoms with Gasteiger partial charge in [0.05, 0.1) is 12.7 Å². The van der Waals surface area contributed by atoms with E-state index in [-0.39, 0.29) is 18.1 Å². The average molecular weight is 486 g/mol. The third kappa shape index (κ3) is 7.09. The summed E-state index contributed by atoms with van der Waals surface area (Å²) in [6.45, 7) is 2.12. The number of halogens is 3. The molecule has 0 spiro atoms. The van der Waals surface area contributed by atoms with Crippen LogP contribution in [0.15, 0.2) is 60.7 Å². The number of methoxy groups -OCH3 is 1. The molecule has 5 nitrogen and oxygen atoms in total. The molecule has 0 bridgehead atoms. The van der Waals surface area contributed by atoms with Gasteiger partial charge in [0.2, 0.25) is 0 Å². The number of esters is 1. The first-order chi connectivity index (χ1) is 16.8. The number of ether oxygens (including phenoxy) is 2. The van der Waals surface area contributed by atoms with Gasteiger partial charge in [-0.05, 0) is 65.9 Å². The summed E-state index contributed by atoms with van der Waals surface area (Å²) in [4.78, 5) is 23.8. The number of rotatable bonds is 10. The van der Waals surface area contributed by atoms with Crippen LogP contribution in [0.25, 0.3) is 0 Å². The molecule has 35 heavy (non-hydrogen) atoms. The molecule has 1 N–H and O–H groups in total. The minimum atomic E-state index is -2.81. The summed E-state index contributed by atoms with van der Waals surface area (Å²) in [7, 11) is 1.37. The van der Waals surface area contributed by atoms with E-state index in [1.807, 2.05) is 25.1 Å². The van der Waals surface area contributed by atoms with Gasteiger partial charge in [0.1, 0.15) is 17.3 Å². The van der Waals surface area contributed by atoms with Crippen LogP contribution in [0.3, 0.4) is 0 Å². The van der Waals surface area contributed by atoms with E-state index in [2.05, 4.69) is 5.32 Å². The molecular formula is C27H26F3NO4. The highest BCUT2D eigenvalue weighted by atomic mass is 19.3. The maximum Gasteiger partial charge on any atom is 0.305 e. The second-order valence-electron chi connectivity index (χ2n) is 7.83. The summed E-state index contributed by atoms with van der Waals surface area (Å²) in [5.74, 6) is -0.785. The molecule has 0 saturated heterocycles. The maximum atomic E-state index is 14.1. The van der Waals surface area contributed by atoms with Crippen LogP contribution >= 0.6 is 0 Å². The number of carbonyl (C=O) groups is 2. The number of hydrogen-bond acceptors (Lipinski definition) is 4. The van der Waals surface area contributed by atoms with Crippen LogP contribution in [0.2, 0.25) is 0 Å². The smallest absolute Gasteiger partial charge is 0.305 e. The Labute approximate surface area is 201 Å². The molecule has 3 rings (SSSR count). The van der Waals surface area contributed by atoms with E-state index < -0.39 is 23.7 Å². The molecule has 3 aromatic carbocycles. The number of carbonyl (C=O) groups excluding carboxylic acids is 2. The molecule has 0 saturated carbocycles. The van der Waals surface area contributed by atoms with Gasteiger partial charge in [-0.1, -0.05) is 31.2 Å². The van der Waals surface area contributed by atoms with Gasteiger partial charge in [-0.15, -0.1) is 0 Å². The van der Waals surface area contributed by atoms with Crippen LogP contribution < -0.4 is 10.1 Å². The first-order valence-corrected chi connectivity index (χ1v) is 11.1. The van der Waals surface area contributed by atoms with Crippen LogP contribution in [0, 0.1) is 5.82 Å². The highest BCUT2D eigenvalue weighted by Crippen LogP contribution is 2.26. The van der Waals surface area contributed by atoms with Crippen molar-refractivity contribution in [1.82, 2.24) is 5.32 Å². The van der Waals surface area contributed by atoms with Crippen molar-refractivity contribution in [2.75, 3.05) is 7.11 Å². The van der Waals surface area contributed by atoms with Crippen molar-refractivity contribution in [3.05, 3.63) is 94.3 Å². The number of benzene rings is 3. The van der Waals surface area contributed by atoms with E-state index in [0.29, 0.717) is 36.0 Å². The molecule has 0 atom stereocenters. The molecule has 0 aromatic heterocycles. The Morgan fingerprint density at radius 2 is 1.74 bits per heavy atom. The summed E-state index contributed by atoms with van der Waals surface area (Å²) in [6.07, 6.45) is -1.16. The van der Waals surface area contributed by atoms with Gasteiger partial charge >= 0.3 is 5.97 Å². The topological polar surface area (TPSA) is 64.6 Å². The Bertz CT molecular complexity index is 1200. The average Bonchev–Trinajstić information content (AvgIpc) is 2.86. The van der Waals surface area contributed by atoms with Crippen LogP contribution in [-0.2, 0) is 28.9 Å². The second-order valence-corrected chi connectivity index (χ2v) is 7.83. The predicted molar refractivity (Wildman–Crippen MR) is 125 cm³/mol. The quantitative estimate of drug-likeness (QED) is 0.350. The van der Waals surface area contributed by atoms with Crippen molar-refractivity contribution in [2.24, 2.45) is 0 Å². The second kappa shape index (κ2) is 12.1. The zero-order valence-corrected chi connectivity index (χ0v) is 19.4. The molecule has 0 unspecified atom stereocenters. The molecule has 3 aromatic rings. The van der Waals surface area contributed by atoms with E-state index in [1.54, 1.807) is 24.3 Å². The SMILES string of the molecule is CCc1cc(Oc2cccc(CNC(=O)c3ccc(C(F)F)cc3F)c2)ccc1CCC(=O)OC. The summed E-state index contributed by atoms with van der Waals surface area (Å²) in [6, 6.07) is 15.5.